The smallest absolute Gasteiger partial charge is 0.241 e. The number of benzene rings is 1. The molecule has 0 saturated heterocycles. The molecule has 0 bridgehead atoms. The Morgan fingerprint density at radius 2 is 2.07 bits per heavy atom. The van der Waals surface area contributed by atoms with Crippen LogP contribution in [0.2, 0.25) is 0 Å². The lowest BCUT2D eigenvalue weighted by atomic mass is 9.96. The molecule has 3 N–H and O–H groups in total. The van der Waals surface area contributed by atoms with Crippen molar-refractivity contribution in [2.24, 2.45) is 5.84 Å². The Morgan fingerprint density at radius 1 is 1.47 bits per heavy atom. The van der Waals surface area contributed by atoms with Gasteiger partial charge in [0.2, 0.25) is 5.91 Å². The lowest BCUT2D eigenvalue weighted by Crippen LogP contribution is -2.35. The molecule has 0 saturated carbocycles. The molecular formula is C10H12ClFN2O. The van der Waals surface area contributed by atoms with Gasteiger partial charge in [-0.25, -0.2) is 10.2 Å². The second-order valence-corrected chi connectivity index (χ2v) is 3.47. The highest BCUT2D eigenvalue weighted by Gasteiger charge is 2.18. The summed E-state index contributed by atoms with van der Waals surface area (Å²) in [6, 6.07) is 5.73. The lowest BCUT2D eigenvalue weighted by Gasteiger charge is -2.13. The minimum Gasteiger partial charge on any atom is -0.294 e. The number of amides is 1. The van der Waals surface area contributed by atoms with Gasteiger partial charge in [0, 0.05) is 5.88 Å². The summed E-state index contributed by atoms with van der Waals surface area (Å²) in [6.07, 6.45) is 0.468. The first-order valence-corrected chi connectivity index (χ1v) is 5.04. The Balaban J connectivity index is 2.88. The normalized spacial score (nSPS) is 12.2. The van der Waals surface area contributed by atoms with E-state index in [1.807, 2.05) is 0 Å². The van der Waals surface area contributed by atoms with E-state index in [4.69, 9.17) is 17.4 Å². The molecule has 1 unspecified atom stereocenters. The molecular weight excluding hydrogens is 219 g/mol. The third kappa shape index (κ3) is 3.18. The highest BCUT2D eigenvalue weighted by molar-refractivity contribution is 6.18. The van der Waals surface area contributed by atoms with Gasteiger partial charge in [0.15, 0.2) is 0 Å². The molecule has 1 atom stereocenters. The van der Waals surface area contributed by atoms with Crippen LogP contribution in [0.15, 0.2) is 24.3 Å². The minimum atomic E-state index is -0.423. The SMILES string of the molecule is NNC(=O)C(CCCl)c1ccc(F)cc1. The van der Waals surface area contributed by atoms with Gasteiger partial charge < -0.3 is 0 Å². The van der Waals surface area contributed by atoms with Crippen molar-refractivity contribution in [3.05, 3.63) is 35.6 Å². The zero-order valence-corrected chi connectivity index (χ0v) is 8.80. The van der Waals surface area contributed by atoms with E-state index in [2.05, 4.69) is 5.43 Å². The molecule has 0 fully saturated rings. The highest BCUT2D eigenvalue weighted by Crippen LogP contribution is 2.20. The van der Waals surface area contributed by atoms with Crippen molar-refractivity contribution < 1.29 is 9.18 Å². The van der Waals surface area contributed by atoms with Crippen LogP contribution in [0.25, 0.3) is 0 Å². The Hall–Kier alpha value is -1.13. The summed E-state index contributed by atoms with van der Waals surface area (Å²) < 4.78 is 12.7. The first kappa shape index (κ1) is 11.9. The van der Waals surface area contributed by atoms with Crippen LogP contribution in [0.4, 0.5) is 4.39 Å². The van der Waals surface area contributed by atoms with Crippen LogP contribution < -0.4 is 11.3 Å². The van der Waals surface area contributed by atoms with Crippen LogP contribution in [0.5, 0.6) is 0 Å². The van der Waals surface area contributed by atoms with Gasteiger partial charge in [0.05, 0.1) is 5.92 Å². The Bertz CT molecular complexity index is 329. The number of carbonyl (C=O) groups is 1. The summed E-state index contributed by atoms with van der Waals surface area (Å²) in [5, 5.41) is 0. The van der Waals surface area contributed by atoms with E-state index >= 15 is 0 Å². The molecule has 0 radical (unpaired) electrons. The molecule has 1 rings (SSSR count). The lowest BCUT2D eigenvalue weighted by molar-refractivity contribution is -0.122. The zero-order valence-electron chi connectivity index (χ0n) is 8.04. The van der Waals surface area contributed by atoms with Crippen molar-refractivity contribution >= 4 is 17.5 Å². The van der Waals surface area contributed by atoms with Crippen LogP contribution in [-0.2, 0) is 4.79 Å². The maximum Gasteiger partial charge on any atom is 0.241 e. The Morgan fingerprint density at radius 3 is 2.53 bits per heavy atom. The van der Waals surface area contributed by atoms with E-state index in [0.717, 1.165) is 0 Å². The van der Waals surface area contributed by atoms with Crippen LogP contribution in [-0.4, -0.2) is 11.8 Å². The second kappa shape index (κ2) is 5.68. The fraction of sp³-hybridized carbons (Fsp3) is 0.300. The molecule has 15 heavy (non-hydrogen) atoms. The van der Waals surface area contributed by atoms with Gasteiger partial charge in [-0.2, -0.15) is 0 Å². The predicted molar refractivity (Wildman–Crippen MR) is 56.8 cm³/mol. The fourth-order valence-corrected chi connectivity index (χ4v) is 1.57. The first-order chi connectivity index (χ1) is 7.19. The minimum absolute atomic E-state index is 0.317. The van der Waals surface area contributed by atoms with E-state index in [1.54, 1.807) is 12.1 Å². The maximum atomic E-state index is 12.7. The summed E-state index contributed by atoms with van der Waals surface area (Å²) in [7, 11) is 0. The number of carbonyl (C=O) groups excluding carboxylic acids is 1. The van der Waals surface area contributed by atoms with E-state index < -0.39 is 5.92 Å². The Kier molecular flexibility index (Phi) is 4.52. The molecule has 0 aliphatic carbocycles. The molecule has 0 aromatic heterocycles. The molecule has 5 heteroatoms. The molecule has 0 aliphatic rings. The van der Waals surface area contributed by atoms with Gasteiger partial charge in [-0.15, -0.1) is 11.6 Å². The molecule has 0 heterocycles. The van der Waals surface area contributed by atoms with Gasteiger partial charge in [0.25, 0.3) is 0 Å². The summed E-state index contributed by atoms with van der Waals surface area (Å²) in [4.78, 5) is 11.4. The van der Waals surface area contributed by atoms with Crippen molar-refractivity contribution in [2.45, 2.75) is 12.3 Å². The maximum absolute atomic E-state index is 12.7. The molecule has 82 valence electrons. The van der Waals surface area contributed by atoms with Gasteiger partial charge in [0.1, 0.15) is 5.82 Å². The van der Waals surface area contributed by atoms with E-state index in [1.165, 1.54) is 12.1 Å². The first-order valence-electron chi connectivity index (χ1n) is 4.51. The standard InChI is InChI=1S/C10H12ClFN2O/c11-6-5-9(10(15)14-13)7-1-3-8(12)4-2-7/h1-4,9H,5-6,13H2,(H,14,15). The second-order valence-electron chi connectivity index (χ2n) is 3.09. The molecule has 1 amide bonds. The number of halogens is 2. The van der Waals surface area contributed by atoms with Gasteiger partial charge in [-0.1, -0.05) is 12.1 Å². The monoisotopic (exact) mass is 230 g/mol. The predicted octanol–water partition coefficient (Wildman–Crippen LogP) is 1.53. The van der Waals surface area contributed by atoms with Crippen LogP contribution >= 0.6 is 11.6 Å². The number of hydrogen-bond donors (Lipinski definition) is 2. The summed E-state index contributed by atoms with van der Waals surface area (Å²) >= 11 is 5.58. The molecule has 3 nitrogen and oxygen atoms in total. The average molecular weight is 231 g/mol. The Labute approximate surface area is 92.4 Å². The van der Waals surface area contributed by atoms with Crippen LogP contribution in [0.1, 0.15) is 17.9 Å². The number of alkyl halides is 1. The van der Waals surface area contributed by atoms with Crippen molar-refractivity contribution in [1.29, 1.82) is 0 Å². The highest BCUT2D eigenvalue weighted by atomic mass is 35.5. The fourth-order valence-electron chi connectivity index (χ4n) is 1.35. The molecule has 0 aliphatic heterocycles. The third-order valence-electron chi connectivity index (χ3n) is 2.13. The van der Waals surface area contributed by atoms with Crippen LogP contribution in [0.3, 0.4) is 0 Å². The van der Waals surface area contributed by atoms with Crippen molar-refractivity contribution in [3.8, 4) is 0 Å². The number of hydrazine groups is 1. The van der Waals surface area contributed by atoms with Crippen LogP contribution in [0, 0.1) is 5.82 Å². The third-order valence-corrected chi connectivity index (χ3v) is 2.35. The van der Waals surface area contributed by atoms with Gasteiger partial charge >= 0.3 is 0 Å². The van der Waals surface area contributed by atoms with Crippen molar-refractivity contribution in [2.75, 3.05) is 5.88 Å². The number of rotatable bonds is 4. The quantitative estimate of drug-likeness (QED) is 0.357. The van der Waals surface area contributed by atoms with E-state index in [-0.39, 0.29) is 11.7 Å². The van der Waals surface area contributed by atoms with Gasteiger partial charge in [-0.05, 0) is 24.1 Å². The summed E-state index contributed by atoms with van der Waals surface area (Å²) in [5.74, 6) is 4.32. The molecule has 1 aromatic rings. The number of nitrogens with one attached hydrogen (secondary N) is 1. The number of nitrogens with two attached hydrogens (primary N) is 1. The van der Waals surface area contributed by atoms with E-state index in [9.17, 15) is 9.18 Å². The summed E-state index contributed by atoms with van der Waals surface area (Å²) in [5.41, 5.74) is 2.78. The molecule has 1 aromatic carbocycles. The topological polar surface area (TPSA) is 55.1 Å². The van der Waals surface area contributed by atoms with Gasteiger partial charge in [-0.3, -0.25) is 10.2 Å². The molecule has 0 spiro atoms. The van der Waals surface area contributed by atoms with Crippen molar-refractivity contribution in [1.82, 2.24) is 5.43 Å². The zero-order chi connectivity index (χ0) is 11.3. The number of hydrogen-bond acceptors (Lipinski definition) is 2. The average Bonchev–Trinajstić information content (AvgIpc) is 2.26. The largest absolute Gasteiger partial charge is 0.294 e. The van der Waals surface area contributed by atoms with E-state index in [0.29, 0.717) is 17.9 Å². The van der Waals surface area contributed by atoms with Crippen molar-refractivity contribution in [3.63, 3.8) is 0 Å². The summed E-state index contributed by atoms with van der Waals surface area (Å²) in [6.45, 7) is 0.